The number of hydrogen-bond donors (Lipinski definition) is 0. The summed E-state index contributed by atoms with van der Waals surface area (Å²) in [6, 6.07) is 12.5. The van der Waals surface area contributed by atoms with Gasteiger partial charge in [-0.15, -0.1) is 5.10 Å². The van der Waals surface area contributed by atoms with Gasteiger partial charge in [0.05, 0.1) is 12.2 Å². The van der Waals surface area contributed by atoms with E-state index in [0.717, 1.165) is 12.1 Å². The number of ether oxygens (including phenoxy) is 1. The van der Waals surface area contributed by atoms with Gasteiger partial charge in [0.2, 0.25) is 5.16 Å². The van der Waals surface area contributed by atoms with Gasteiger partial charge in [-0.05, 0) is 41.1 Å². The molecule has 0 spiro atoms. The SMILES string of the molecule is CCOc1ccccc1-n1nnnc1SCc1cccc(C(F)(F)F)c1. The standard InChI is InChI=1S/C17H15F3N4OS/c1-2-25-15-9-4-3-8-14(15)24-16(21-22-23-24)26-11-12-6-5-7-13(10-12)17(18,19)20/h3-10H,2,11H2,1H3. The lowest BCUT2D eigenvalue weighted by Gasteiger charge is -2.11. The topological polar surface area (TPSA) is 52.8 Å². The van der Waals surface area contributed by atoms with E-state index < -0.39 is 11.7 Å². The minimum atomic E-state index is -4.36. The summed E-state index contributed by atoms with van der Waals surface area (Å²) in [4.78, 5) is 0. The van der Waals surface area contributed by atoms with Crippen LogP contribution in [0.5, 0.6) is 5.75 Å². The minimum Gasteiger partial charge on any atom is -0.492 e. The number of tetrazole rings is 1. The third kappa shape index (κ3) is 4.16. The molecule has 0 unspecified atom stereocenters. The molecule has 136 valence electrons. The first-order valence-electron chi connectivity index (χ1n) is 7.78. The molecule has 2 aromatic carbocycles. The minimum absolute atomic E-state index is 0.307. The lowest BCUT2D eigenvalue weighted by molar-refractivity contribution is -0.137. The van der Waals surface area contributed by atoms with Crippen LogP contribution in [0.15, 0.2) is 53.7 Å². The van der Waals surface area contributed by atoms with Crippen molar-refractivity contribution in [2.24, 2.45) is 0 Å². The van der Waals surface area contributed by atoms with E-state index in [1.165, 1.54) is 22.5 Å². The Labute approximate surface area is 152 Å². The molecule has 0 atom stereocenters. The highest BCUT2D eigenvalue weighted by Crippen LogP contribution is 2.31. The lowest BCUT2D eigenvalue weighted by atomic mass is 10.1. The zero-order valence-corrected chi connectivity index (χ0v) is 14.6. The average Bonchev–Trinajstić information content (AvgIpc) is 3.09. The number of benzene rings is 2. The summed E-state index contributed by atoms with van der Waals surface area (Å²) in [5.41, 5.74) is 0.542. The molecule has 1 aromatic heterocycles. The number of halogens is 3. The van der Waals surface area contributed by atoms with Crippen LogP contribution in [-0.4, -0.2) is 26.8 Å². The fraction of sp³-hybridized carbons (Fsp3) is 0.235. The van der Waals surface area contributed by atoms with Gasteiger partial charge >= 0.3 is 6.18 Å². The number of alkyl halides is 3. The maximum atomic E-state index is 12.8. The van der Waals surface area contributed by atoms with Crippen LogP contribution in [0.1, 0.15) is 18.1 Å². The van der Waals surface area contributed by atoms with E-state index in [1.54, 1.807) is 6.07 Å². The Bertz CT molecular complexity index is 882. The molecule has 0 radical (unpaired) electrons. The molecule has 26 heavy (non-hydrogen) atoms. The van der Waals surface area contributed by atoms with Gasteiger partial charge < -0.3 is 4.74 Å². The summed E-state index contributed by atoms with van der Waals surface area (Å²) in [6.45, 7) is 2.37. The fourth-order valence-corrected chi connectivity index (χ4v) is 3.14. The number of thioether (sulfide) groups is 1. The maximum Gasteiger partial charge on any atom is 0.416 e. The van der Waals surface area contributed by atoms with Crippen molar-refractivity contribution in [3.8, 4) is 11.4 Å². The monoisotopic (exact) mass is 380 g/mol. The van der Waals surface area contributed by atoms with Gasteiger partial charge in [-0.1, -0.05) is 42.1 Å². The van der Waals surface area contributed by atoms with E-state index in [0.29, 0.717) is 34.5 Å². The predicted octanol–water partition coefficient (Wildman–Crippen LogP) is 4.37. The van der Waals surface area contributed by atoms with Crippen LogP contribution in [0.25, 0.3) is 5.69 Å². The number of hydrogen-bond acceptors (Lipinski definition) is 5. The Morgan fingerprint density at radius 2 is 1.92 bits per heavy atom. The number of nitrogens with zero attached hydrogens (tertiary/aromatic N) is 4. The summed E-state index contributed by atoms with van der Waals surface area (Å²) < 4.78 is 45.6. The molecule has 1 heterocycles. The van der Waals surface area contributed by atoms with Crippen molar-refractivity contribution in [2.75, 3.05) is 6.61 Å². The Morgan fingerprint density at radius 3 is 2.69 bits per heavy atom. The van der Waals surface area contributed by atoms with Crippen molar-refractivity contribution in [1.82, 2.24) is 20.2 Å². The second-order valence-electron chi connectivity index (χ2n) is 5.26. The molecule has 0 fully saturated rings. The first-order chi connectivity index (χ1) is 12.5. The summed E-state index contributed by atoms with van der Waals surface area (Å²) in [6.07, 6.45) is -4.36. The van der Waals surface area contributed by atoms with Gasteiger partial charge in [-0.2, -0.15) is 17.9 Å². The highest BCUT2D eigenvalue weighted by atomic mass is 32.2. The molecule has 0 bridgehead atoms. The van der Waals surface area contributed by atoms with Crippen LogP contribution in [0.2, 0.25) is 0 Å². The fourth-order valence-electron chi connectivity index (χ4n) is 2.32. The largest absolute Gasteiger partial charge is 0.492 e. The second-order valence-corrected chi connectivity index (χ2v) is 6.20. The molecule has 5 nitrogen and oxygen atoms in total. The van der Waals surface area contributed by atoms with Crippen LogP contribution in [0.3, 0.4) is 0 Å². The van der Waals surface area contributed by atoms with E-state index in [1.807, 2.05) is 31.2 Å². The summed E-state index contributed by atoms with van der Waals surface area (Å²) in [5.74, 6) is 0.935. The molecule has 3 aromatic rings. The molecule has 9 heteroatoms. The van der Waals surface area contributed by atoms with Crippen molar-refractivity contribution >= 4 is 11.8 Å². The molecule has 0 amide bonds. The van der Waals surface area contributed by atoms with Crippen LogP contribution < -0.4 is 4.74 Å². The number of aromatic nitrogens is 4. The van der Waals surface area contributed by atoms with E-state index in [9.17, 15) is 13.2 Å². The van der Waals surface area contributed by atoms with Gasteiger partial charge in [-0.25, -0.2) is 0 Å². The molecule has 0 N–H and O–H groups in total. The average molecular weight is 380 g/mol. The Balaban J connectivity index is 1.81. The first kappa shape index (κ1) is 18.2. The van der Waals surface area contributed by atoms with Crippen molar-refractivity contribution in [3.63, 3.8) is 0 Å². The zero-order chi connectivity index (χ0) is 18.6. The van der Waals surface area contributed by atoms with Crippen LogP contribution in [0.4, 0.5) is 13.2 Å². The summed E-state index contributed by atoms with van der Waals surface area (Å²) in [5, 5.41) is 12.1. The quantitative estimate of drug-likeness (QED) is 0.595. The molecule has 0 aliphatic heterocycles. The van der Waals surface area contributed by atoms with Crippen LogP contribution in [0, 0.1) is 0 Å². The maximum absolute atomic E-state index is 12.8. The Hall–Kier alpha value is -2.55. The molecule has 3 rings (SSSR count). The van der Waals surface area contributed by atoms with Gasteiger partial charge in [-0.3, -0.25) is 0 Å². The predicted molar refractivity (Wildman–Crippen MR) is 91.3 cm³/mol. The van der Waals surface area contributed by atoms with Crippen LogP contribution in [-0.2, 0) is 11.9 Å². The molecule has 0 saturated carbocycles. The molecule has 0 aliphatic rings. The van der Waals surface area contributed by atoms with Gasteiger partial charge in [0.1, 0.15) is 11.4 Å². The normalized spacial score (nSPS) is 11.5. The third-order valence-electron chi connectivity index (χ3n) is 3.46. The molecular formula is C17H15F3N4OS. The lowest BCUT2D eigenvalue weighted by Crippen LogP contribution is -2.05. The summed E-state index contributed by atoms with van der Waals surface area (Å²) in [7, 11) is 0. The Kier molecular flexibility index (Phi) is 5.46. The smallest absolute Gasteiger partial charge is 0.416 e. The van der Waals surface area contributed by atoms with Gasteiger partial charge in [0.15, 0.2) is 0 Å². The molecule has 0 aliphatic carbocycles. The first-order valence-corrected chi connectivity index (χ1v) is 8.77. The van der Waals surface area contributed by atoms with Gasteiger partial charge in [0.25, 0.3) is 0 Å². The van der Waals surface area contributed by atoms with E-state index >= 15 is 0 Å². The number of para-hydroxylation sites is 2. The highest BCUT2D eigenvalue weighted by Gasteiger charge is 2.30. The number of rotatable bonds is 6. The van der Waals surface area contributed by atoms with Crippen molar-refractivity contribution in [2.45, 2.75) is 24.0 Å². The van der Waals surface area contributed by atoms with E-state index in [2.05, 4.69) is 15.5 Å². The van der Waals surface area contributed by atoms with E-state index in [-0.39, 0.29) is 0 Å². The highest BCUT2D eigenvalue weighted by molar-refractivity contribution is 7.98. The van der Waals surface area contributed by atoms with Gasteiger partial charge in [0, 0.05) is 5.75 Å². The second kappa shape index (κ2) is 7.77. The summed E-state index contributed by atoms with van der Waals surface area (Å²) >= 11 is 1.25. The van der Waals surface area contributed by atoms with Crippen LogP contribution >= 0.6 is 11.8 Å². The Morgan fingerprint density at radius 1 is 1.12 bits per heavy atom. The van der Waals surface area contributed by atoms with Crippen molar-refractivity contribution < 1.29 is 17.9 Å². The molecule has 0 saturated heterocycles. The molecular weight excluding hydrogens is 365 g/mol. The zero-order valence-electron chi connectivity index (χ0n) is 13.8. The van der Waals surface area contributed by atoms with Crippen molar-refractivity contribution in [3.05, 3.63) is 59.7 Å². The van der Waals surface area contributed by atoms with Crippen molar-refractivity contribution in [1.29, 1.82) is 0 Å². The van der Waals surface area contributed by atoms with E-state index in [4.69, 9.17) is 4.74 Å². The third-order valence-corrected chi connectivity index (χ3v) is 4.45.